The van der Waals surface area contributed by atoms with Crippen molar-refractivity contribution in [3.05, 3.63) is 64.7 Å². The summed E-state index contributed by atoms with van der Waals surface area (Å²) >= 11 is 5.91. The number of halogens is 1. The number of benzene rings is 2. The van der Waals surface area contributed by atoms with E-state index < -0.39 is 0 Å². The number of hydrogen-bond acceptors (Lipinski definition) is 2. The van der Waals surface area contributed by atoms with Crippen LogP contribution in [0.5, 0.6) is 0 Å². The van der Waals surface area contributed by atoms with E-state index in [1.165, 1.54) is 0 Å². The summed E-state index contributed by atoms with van der Waals surface area (Å²) in [5, 5.41) is 3.48. The van der Waals surface area contributed by atoms with Crippen molar-refractivity contribution in [3.8, 4) is 0 Å². The van der Waals surface area contributed by atoms with Gasteiger partial charge in [0.1, 0.15) is 0 Å². The lowest BCUT2D eigenvalue weighted by molar-refractivity contribution is -0.118. The fourth-order valence-corrected chi connectivity index (χ4v) is 2.45. The van der Waals surface area contributed by atoms with Crippen LogP contribution < -0.4 is 5.32 Å². The number of amides is 2. The monoisotopic (exact) mass is 358 g/mol. The molecule has 2 rings (SSSR count). The maximum absolute atomic E-state index is 12.7. The lowest BCUT2D eigenvalue weighted by Crippen LogP contribution is -2.29. The molecule has 1 N–H and O–H groups in total. The second kappa shape index (κ2) is 8.17. The SMILES string of the molecule is CC(C)C(=O)Nc1ccc(C(=O)N(C)C(C)c2ccc(Cl)cc2)cc1. The van der Waals surface area contributed by atoms with Crippen molar-refractivity contribution in [2.24, 2.45) is 5.92 Å². The molecule has 0 saturated heterocycles. The second-order valence-corrected chi connectivity index (χ2v) is 6.80. The molecule has 0 fully saturated rings. The maximum Gasteiger partial charge on any atom is 0.254 e. The van der Waals surface area contributed by atoms with Crippen LogP contribution in [-0.2, 0) is 4.79 Å². The molecule has 0 radical (unpaired) electrons. The van der Waals surface area contributed by atoms with E-state index in [9.17, 15) is 9.59 Å². The van der Waals surface area contributed by atoms with Gasteiger partial charge in [0, 0.05) is 29.2 Å². The van der Waals surface area contributed by atoms with Gasteiger partial charge >= 0.3 is 0 Å². The summed E-state index contributed by atoms with van der Waals surface area (Å²) in [6.07, 6.45) is 0. The Labute approximate surface area is 153 Å². The Morgan fingerprint density at radius 2 is 1.52 bits per heavy atom. The molecule has 2 amide bonds. The van der Waals surface area contributed by atoms with Crippen LogP contribution in [-0.4, -0.2) is 23.8 Å². The summed E-state index contributed by atoms with van der Waals surface area (Å²) in [6, 6.07) is 14.3. The van der Waals surface area contributed by atoms with Gasteiger partial charge in [0.25, 0.3) is 5.91 Å². The van der Waals surface area contributed by atoms with E-state index >= 15 is 0 Å². The minimum absolute atomic E-state index is 0.0486. The van der Waals surface area contributed by atoms with E-state index in [2.05, 4.69) is 5.32 Å². The van der Waals surface area contributed by atoms with Crippen LogP contribution in [0.25, 0.3) is 0 Å². The third kappa shape index (κ3) is 4.83. The first-order valence-corrected chi connectivity index (χ1v) is 8.61. The second-order valence-electron chi connectivity index (χ2n) is 6.36. The van der Waals surface area contributed by atoms with E-state index in [0.29, 0.717) is 16.3 Å². The molecule has 1 atom stereocenters. The molecule has 0 heterocycles. The summed E-state index contributed by atoms with van der Waals surface area (Å²) in [5.41, 5.74) is 2.27. The van der Waals surface area contributed by atoms with Gasteiger partial charge in [0.05, 0.1) is 6.04 Å². The fourth-order valence-electron chi connectivity index (χ4n) is 2.33. The number of anilines is 1. The van der Waals surface area contributed by atoms with Gasteiger partial charge < -0.3 is 10.2 Å². The molecule has 132 valence electrons. The van der Waals surface area contributed by atoms with Gasteiger partial charge in [-0.2, -0.15) is 0 Å². The Bertz CT molecular complexity index is 739. The van der Waals surface area contributed by atoms with Crippen LogP contribution in [0, 0.1) is 5.92 Å². The lowest BCUT2D eigenvalue weighted by Gasteiger charge is -2.25. The van der Waals surface area contributed by atoms with Gasteiger partial charge in [0.15, 0.2) is 0 Å². The van der Waals surface area contributed by atoms with Crippen molar-refractivity contribution < 1.29 is 9.59 Å². The van der Waals surface area contributed by atoms with Gasteiger partial charge in [-0.15, -0.1) is 0 Å². The van der Waals surface area contributed by atoms with E-state index in [1.807, 2.05) is 45.0 Å². The number of carbonyl (C=O) groups excluding carboxylic acids is 2. The van der Waals surface area contributed by atoms with Crippen molar-refractivity contribution in [1.29, 1.82) is 0 Å². The molecular formula is C20H23ClN2O2. The number of nitrogens with zero attached hydrogens (tertiary/aromatic N) is 1. The van der Waals surface area contributed by atoms with Crippen LogP contribution in [0.3, 0.4) is 0 Å². The number of rotatable bonds is 5. The number of nitrogens with one attached hydrogen (secondary N) is 1. The third-order valence-electron chi connectivity index (χ3n) is 4.18. The molecule has 0 aromatic heterocycles. The van der Waals surface area contributed by atoms with Gasteiger partial charge in [-0.25, -0.2) is 0 Å². The smallest absolute Gasteiger partial charge is 0.254 e. The molecule has 2 aromatic carbocycles. The summed E-state index contributed by atoms with van der Waals surface area (Å²) in [5.74, 6) is -0.218. The van der Waals surface area contributed by atoms with Crippen LogP contribution >= 0.6 is 11.6 Å². The molecule has 0 spiro atoms. The fraction of sp³-hybridized carbons (Fsp3) is 0.300. The van der Waals surface area contributed by atoms with Gasteiger partial charge in [0.2, 0.25) is 5.91 Å². The van der Waals surface area contributed by atoms with E-state index in [1.54, 1.807) is 36.2 Å². The quantitative estimate of drug-likeness (QED) is 0.837. The van der Waals surface area contributed by atoms with Crippen LogP contribution in [0.4, 0.5) is 5.69 Å². The minimum atomic E-state index is -0.0901. The first kappa shape index (κ1) is 19.0. The van der Waals surface area contributed by atoms with Gasteiger partial charge in [-0.05, 0) is 48.9 Å². The Morgan fingerprint density at radius 1 is 0.960 bits per heavy atom. The average Bonchev–Trinajstić information content (AvgIpc) is 2.61. The molecule has 5 heteroatoms. The topological polar surface area (TPSA) is 49.4 Å². The standard InChI is InChI=1S/C20H23ClN2O2/c1-13(2)19(24)22-18-11-7-16(8-12-18)20(25)23(4)14(3)15-5-9-17(21)10-6-15/h5-14H,1-4H3,(H,22,24). The Kier molecular flexibility index (Phi) is 6.21. The molecule has 1 unspecified atom stereocenters. The number of carbonyl (C=O) groups is 2. The highest BCUT2D eigenvalue weighted by Crippen LogP contribution is 2.23. The molecule has 4 nitrogen and oxygen atoms in total. The van der Waals surface area contributed by atoms with Crippen molar-refractivity contribution in [2.45, 2.75) is 26.8 Å². The van der Waals surface area contributed by atoms with E-state index in [0.717, 1.165) is 5.56 Å². The lowest BCUT2D eigenvalue weighted by atomic mass is 10.1. The van der Waals surface area contributed by atoms with E-state index in [-0.39, 0.29) is 23.8 Å². The van der Waals surface area contributed by atoms with Crippen LogP contribution in [0.15, 0.2) is 48.5 Å². The summed E-state index contributed by atoms with van der Waals surface area (Å²) in [7, 11) is 1.77. The Morgan fingerprint density at radius 3 is 2.04 bits per heavy atom. The predicted octanol–water partition coefficient (Wildman–Crippen LogP) is 4.77. The predicted molar refractivity (Wildman–Crippen MR) is 102 cm³/mol. The zero-order chi connectivity index (χ0) is 18.6. The molecule has 0 saturated carbocycles. The van der Waals surface area contributed by atoms with Gasteiger partial charge in [-0.3, -0.25) is 9.59 Å². The minimum Gasteiger partial charge on any atom is -0.335 e. The van der Waals surface area contributed by atoms with Crippen molar-refractivity contribution >= 4 is 29.1 Å². The molecule has 2 aromatic rings. The normalized spacial score (nSPS) is 11.9. The molecule has 0 bridgehead atoms. The van der Waals surface area contributed by atoms with E-state index in [4.69, 9.17) is 11.6 Å². The first-order chi connectivity index (χ1) is 11.8. The van der Waals surface area contributed by atoms with Crippen LogP contribution in [0.2, 0.25) is 5.02 Å². The highest BCUT2D eigenvalue weighted by atomic mass is 35.5. The Hall–Kier alpha value is -2.33. The summed E-state index contributed by atoms with van der Waals surface area (Å²) in [6.45, 7) is 5.64. The van der Waals surface area contributed by atoms with Crippen molar-refractivity contribution in [3.63, 3.8) is 0 Å². The first-order valence-electron chi connectivity index (χ1n) is 8.23. The highest BCUT2D eigenvalue weighted by molar-refractivity contribution is 6.30. The zero-order valence-corrected chi connectivity index (χ0v) is 15.7. The Balaban J connectivity index is 2.08. The third-order valence-corrected chi connectivity index (χ3v) is 4.43. The molecule has 0 aliphatic heterocycles. The van der Waals surface area contributed by atoms with Gasteiger partial charge in [-0.1, -0.05) is 37.6 Å². The van der Waals surface area contributed by atoms with Crippen molar-refractivity contribution in [1.82, 2.24) is 4.90 Å². The molecule has 0 aliphatic carbocycles. The van der Waals surface area contributed by atoms with Crippen molar-refractivity contribution in [2.75, 3.05) is 12.4 Å². The molecular weight excluding hydrogens is 336 g/mol. The summed E-state index contributed by atoms with van der Waals surface area (Å²) < 4.78 is 0. The molecule has 0 aliphatic rings. The summed E-state index contributed by atoms with van der Waals surface area (Å²) in [4.78, 5) is 26.1. The molecule has 25 heavy (non-hydrogen) atoms. The average molecular weight is 359 g/mol. The zero-order valence-electron chi connectivity index (χ0n) is 14.9. The maximum atomic E-state index is 12.7. The number of hydrogen-bond donors (Lipinski definition) is 1. The largest absolute Gasteiger partial charge is 0.335 e. The van der Waals surface area contributed by atoms with Crippen LogP contribution in [0.1, 0.15) is 42.7 Å². The highest BCUT2D eigenvalue weighted by Gasteiger charge is 2.19.